The Kier molecular flexibility index (Phi) is 6.49. The van der Waals surface area contributed by atoms with E-state index < -0.39 is 29.4 Å². The Morgan fingerprint density at radius 1 is 1.08 bits per heavy atom. The van der Waals surface area contributed by atoms with E-state index in [2.05, 4.69) is 10.4 Å². The number of ether oxygens (including phenoxy) is 2. The van der Waals surface area contributed by atoms with Crippen LogP contribution in [0.4, 0.5) is 14.6 Å². The maximum atomic E-state index is 13.5. The SMILES string of the molecule is O=C(Nc1ccn(-c2ccc(F)c(F)c2)n1)c1ccc(Oc2cc3c(cc2Cl)C(C(=O)O)CCO3)cc1. The van der Waals surface area contributed by atoms with Crippen molar-refractivity contribution >= 4 is 29.3 Å². The predicted octanol–water partition coefficient (Wildman–Crippen LogP) is 5.80. The van der Waals surface area contributed by atoms with Gasteiger partial charge in [0.25, 0.3) is 5.91 Å². The van der Waals surface area contributed by atoms with E-state index in [1.165, 1.54) is 29.1 Å². The molecule has 37 heavy (non-hydrogen) atoms. The molecule has 0 radical (unpaired) electrons. The van der Waals surface area contributed by atoms with E-state index in [-0.39, 0.29) is 23.2 Å². The molecule has 4 aromatic rings. The molecule has 2 N–H and O–H groups in total. The molecule has 0 saturated heterocycles. The number of carboxylic acids is 1. The Hall–Kier alpha value is -4.44. The van der Waals surface area contributed by atoms with Gasteiger partial charge in [-0.05, 0) is 48.9 Å². The summed E-state index contributed by atoms with van der Waals surface area (Å²) in [5, 5.41) is 16.4. The van der Waals surface area contributed by atoms with Crippen molar-refractivity contribution < 1.29 is 33.0 Å². The van der Waals surface area contributed by atoms with E-state index in [0.717, 1.165) is 12.1 Å². The van der Waals surface area contributed by atoms with Gasteiger partial charge in [-0.3, -0.25) is 9.59 Å². The van der Waals surface area contributed by atoms with Crippen LogP contribution in [0.2, 0.25) is 5.02 Å². The third kappa shape index (κ3) is 5.10. The van der Waals surface area contributed by atoms with Gasteiger partial charge in [-0.1, -0.05) is 11.6 Å². The molecule has 1 aliphatic heterocycles. The number of benzene rings is 3. The van der Waals surface area contributed by atoms with E-state index in [1.807, 2.05) is 0 Å². The fourth-order valence-corrected chi connectivity index (χ4v) is 4.09. The van der Waals surface area contributed by atoms with Gasteiger partial charge in [-0.25, -0.2) is 13.5 Å². The molecule has 1 aromatic heterocycles. The monoisotopic (exact) mass is 525 g/mol. The lowest BCUT2D eigenvalue weighted by atomic mass is 9.93. The van der Waals surface area contributed by atoms with Crippen LogP contribution in [0.15, 0.2) is 66.9 Å². The first-order chi connectivity index (χ1) is 17.8. The number of hydrogen-bond donors (Lipinski definition) is 2. The number of carboxylic acid groups (broad SMARTS) is 1. The summed E-state index contributed by atoms with van der Waals surface area (Å²) in [6.07, 6.45) is 1.86. The van der Waals surface area contributed by atoms with Gasteiger partial charge < -0.3 is 19.9 Å². The van der Waals surface area contributed by atoms with Crippen molar-refractivity contribution in [2.24, 2.45) is 0 Å². The number of nitrogens with one attached hydrogen (secondary N) is 1. The number of aliphatic carboxylic acids is 1. The second-order valence-electron chi connectivity index (χ2n) is 8.17. The van der Waals surface area contributed by atoms with Crippen molar-refractivity contribution in [3.05, 3.63) is 94.6 Å². The van der Waals surface area contributed by atoms with Crippen molar-refractivity contribution in [1.29, 1.82) is 0 Å². The van der Waals surface area contributed by atoms with E-state index in [4.69, 9.17) is 21.1 Å². The van der Waals surface area contributed by atoms with Crippen LogP contribution in [0.1, 0.15) is 28.3 Å². The summed E-state index contributed by atoms with van der Waals surface area (Å²) in [6.45, 7) is 0.272. The fourth-order valence-electron chi connectivity index (χ4n) is 3.88. The largest absolute Gasteiger partial charge is 0.493 e. The highest BCUT2D eigenvalue weighted by atomic mass is 35.5. The van der Waals surface area contributed by atoms with Crippen LogP contribution >= 0.6 is 11.6 Å². The number of nitrogens with zero attached hydrogens (tertiary/aromatic N) is 2. The lowest BCUT2D eigenvalue weighted by Gasteiger charge is -2.24. The van der Waals surface area contributed by atoms with E-state index in [0.29, 0.717) is 34.7 Å². The van der Waals surface area contributed by atoms with Crippen LogP contribution < -0.4 is 14.8 Å². The molecule has 3 aromatic carbocycles. The van der Waals surface area contributed by atoms with Crippen molar-refractivity contribution in [3.63, 3.8) is 0 Å². The Balaban J connectivity index is 1.26. The topological polar surface area (TPSA) is 103 Å². The third-order valence-corrected chi connectivity index (χ3v) is 6.04. The zero-order valence-corrected chi connectivity index (χ0v) is 19.7. The molecule has 0 fully saturated rings. The average molecular weight is 526 g/mol. The molecule has 5 rings (SSSR count). The number of fused-ring (bicyclic) bond motifs is 1. The zero-order chi connectivity index (χ0) is 26.1. The number of hydrogen-bond acceptors (Lipinski definition) is 5. The minimum absolute atomic E-state index is 0.218. The van der Waals surface area contributed by atoms with E-state index in [1.54, 1.807) is 30.3 Å². The molecule has 11 heteroatoms. The standard InChI is InChI=1S/C26H18ClF2N3O5/c27-19-12-18-17(26(34)35)8-10-36-22(18)13-23(19)37-16-4-1-14(2-5-16)25(33)30-24-7-9-32(31-24)15-3-6-20(28)21(29)11-15/h1-7,9,11-13,17H,8,10H2,(H,34,35)(H,30,31,33). The molecule has 1 amide bonds. The normalized spacial score (nSPS) is 14.4. The van der Waals surface area contributed by atoms with Gasteiger partial charge in [-0.2, -0.15) is 5.10 Å². The van der Waals surface area contributed by atoms with Crippen molar-refractivity contribution in [2.45, 2.75) is 12.3 Å². The first-order valence-electron chi connectivity index (χ1n) is 11.1. The Morgan fingerprint density at radius 3 is 2.59 bits per heavy atom. The van der Waals surface area contributed by atoms with Gasteiger partial charge in [0.1, 0.15) is 17.2 Å². The quantitative estimate of drug-likeness (QED) is 0.330. The molecule has 0 spiro atoms. The lowest BCUT2D eigenvalue weighted by Crippen LogP contribution is -2.20. The summed E-state index contributed by atoms with van der Waals surface area (Å²) in [6, 6.07) is 14.2. The number of amides is 1. The highest BCUT2D eigenvalue weighted by Gasteiger charge is 2.29. The van der Waals surface area contributed by atoms with Gasteiger partial charge in [0, 0.05) is 35.5 Å². The van der Waals surface area contributed by atoms with Crippen molar-refractivity contribution in [3.8, 4) is 22.9 Å². The molecular formula is C26H18ClF2N3O5. The van der Waals surface area contributed by atoms with Crippen LogP contribution in [0.25, 0.3) is 5.69 Å². The Labute approximate surface area is 214 Å². The summed E-state index contributed by atoms with van der Waals surface area (Å²) in [7, 11) is 0. The van der Waals surface area contributed by atoms with Crippen LogP contribution in [-0.2, 0) is 4.79 Å². The van der Waals surface area contributed by atoms with Crippen molar-refractivity contribution in [2.75, 3.05) is 11.9 Å². The maximum absolute atomic E-state index is 13.5. The summed E-state index contributed by atoms with van der Waals surface area (Å²) in [5.74, 6) is -2.76. The highest BCUT2D eigenvalue weighted by molar-refractivity contribution is 6.32. The van der Waals surface area contributed by atoms with Gasteiger partial charge in [0.2, 0.25) is 0 Å². The Bertz CT molecular complexity index is 1510. The van der Waals surface area contributed by atoms with Crippen LogP contribution in [0, 0.1) is 11.6 Å². The third-order valence-electron chi connectivity index (χ3n) is 5.74. The summed E-state index contributed by atoms with van der Waals surface area (Å²) >= 11 is 6.33. The van der Waals surface area contributed by atoms with Crippen LogP contribution in [0.3, 0.4) is 0 Å². The minimum atomic E-state index is -1.01. The summed E-state index contributed by atoms with van der Waals surface area (Å²) in [5.41, 5.74) is 1.11. The number of anilines is 1. The molecule has 1 atom stereocenters. The summed E-state index contributed by atoms with van der Waals surface area (Å²) in [4.78, 5) is 24.1. The molecule has 1 aliphatic rings. The van der Waals surface area contributed by atoms with Gasteiger partial charge in [0.15, 0.2) is 17.5 Å². The molecule has 2 heterocycles. The van der Waals surface area contributed by atoms with Gasteiger partial charge in [-0.15, -0.1) is 0 Å². The fraction of sp³-hybridized carbons (Fsp3) is 0.115. The smallest absolute Gasteiger partial charge is 0.311 e. The second kappa shape index (κ2) is 9.90. The molecule has 8 nitrogen and oxygen atoms in total. The Morgan fingerprint density at radius 2 is 1.86 bits per heavy atom. The second-order valence-corrected chi connectivity index (χ2v) is 8.58. The molecule has 0 bridgehead atoms. The average Bonchev–Trinajstić information content (AvgIpc) is 3.34. The number of carbonyl (C=O) groups excluding carboxylic acids is 1. The van der Waals surface area contributed by atoms with Crippen LogP contribution in [-0.4, -0.2) is 33.4 Å². The first-order valence-corrected chi connectivity index (χ1v) is 11.5. The highest BCUT2D eigenvalue weighted by Crippen LogP contribution is 2.41. The molecule has 188 valence electrons. The van der Waals surface area contributed by atoms with Gasteiger partial charge >= 0.3 is 5.97 Å². The van der Waals surface area contributed by atoms with E-state index in [9.17, 15) is 23.5 Å². The number of aromatic nitrogens is 2. The number of rotatable bonds is 6. The van der Waals surface area contributed by atoms with Crippen LogP contribution in [0.5, 0.6) is 17.2 Å². The predicted molar refractivity (Wildman–Crippen MR) is 130 cm³/mol. The molecular weight excluding hydrogens is 508 g/mol. The van der Waals surface area contributed by atoms with E-state index >= 15 is 0 Å². The first kappa shape index (κ1) is 24.3. The lowest BCUT2D eigenvalue weighted by molar-refractivity contribution is -0.139. The van der Waals surface area contributed by atoms with Gasteiger partial charge in [0.05, 0.1) is 23.2 Å². The molecule has 0 saturated carbocycles. The summed E-state index contributed by atoms with van der Waals surface area (Å²) < 4.78 is 39.4. The molecule has 1 unspecified atom stereocenters. The van der Waals surface area contributed by atoms with Crippen molar-refractivity contribution in [1.82, 2.24) is 9.78 Å². The number of halogens is 3. The molecule has 0 aliphatic carbocycles. The number of carbonyl (C=O) groups is 2. The minimum Gasteiger partial charge on any atom is -0.493 e. The maximum Gasteiger partial charge on any atom is 0.311 e. The zero-order valence-electron chi connectivity index (χ0n) is 19.0.